The highest BCUT2D eigenvalue weighted by atomic mass is 14.7. The molecule has 0 radical (unpaired) electrons. The maximum atomic E-state index is 5.61. The lowest BCUT2D eigenvalue weighted by Gasteiger charge is -2.20. The summed E-state index contributed by atoms with van der Waals surface area (Å²) < 4.78 is 0. The third-order valence-corrected chi connectivity index (χ3v) is 11.7. The molecule has 0 aliphatic rings. The van der Waals surface area contributed by atoms with Crippen LogP contribution >= 0.6 is 0 Å². The zero-order valence-corrected chi connectivity index (χ0v) is 30.2. The van der Waals surface area contributed by atoms with Gasteiger partial charge in [0, 0.05) is 44.9 Å². The minimum atomic E-state index is 0.918. The van der Waals surface area contributed by atoms with Crippen molar-refractivity contribution in [2.45, 2.75) is 0 Å². The zero-order valence-electron chi connectivity index (χ0n) is 30.2. The molecule has 0 fully saturated rings. The Morgan fingerprint density at radius 1 is 0.304 bits per heavy atom. The Labute approximate surface area is 322 Å². The molecule has 9 aromatic carbocycles. The van der Waals surface area contributed by atoms with Crippen LogP contribution in [0.25, 0.3) is 120 Å². The van der Waals surface area contributed by atoms with E-state index in [4.69, 9.17) is 15.0 Å². The number of hydrogen-bond donors (Lipinski definition) is 0. The lowest BCUT2D eigenvalue weighted by Crippen LogP contribution is -1.94. The number of fused-ring (bicyclic) bond motifs is 13. The van der Waals surface area contributed by atoms with Gasteiger partial charge < -0.3 is 0 Å². The minimum absolute atomic E-state index is 0.918. The molecule has 3 heteroatoms. The number of nitrogens with zero attached hydrogens (tertiary/aromatic N) is 3. The molecule has 3 heterocycles. The van der Waals surface area contributed by atoms with Gasteiger partial charge in [-0.2, -0.15) is 0 Å². The van der Waals surface area contributed by atoms with Gasteiger partial charge in [-0.15, -0.1) is 0 Å². The molecule has 0 aliphatic carbocycles. The Morgan fingerprint density at radius 3 is 1.50 bits per heavy atom. The lowest BCUT2D eigenvalue weighted by atomic mass is 9.84. The Bertz CT molecular complexity index is 3550. The molecule has 0 saturated carbocycles. The summed E-state index contributed by atoms with van der Waals surface area (Å²) in [7, 11) is 0. The van der Waals surface area contributed by atoms with Crippen LogP contribution in [0.1, 0.15) is 0 Å². The van der Waals surface area contributed by atoms with E-state index in [-0.39, 0.29) is 0 Å². The summed E-state index contributed by atoms with van der Waals surface area (Å²) in [4.78, 5) is 15.2. The first-order valence-electron chi connectivity index (χ1n) is 19.1. The van der Waals surface area contributed by atoms with E-state index in [0.29, 0.717) is 0 Å². The lowest BCUT2D eigenvalue weighted by molar-refractivity contribution is 1.37. The average Bonchev–Trinajstić information content (AvgIpc) is 3.27. The number of benzene rings is 9. The second-order valence-electron chi connectivity index (χ2n) is 14.6. The third kappa shape index (κ3) is 4.43. The van der Waals surface area contributed by atoms with E-state index < -0.39 is 0 Å². The van der Waals surface area contributed by atoms with E-state index in [0.717, 1.165) is 55.1 Å². The van der Waals surface area contributed by atoms with Gasteiger partial charge in [-0.25, -0.2) is 4.98 Å². The van der Waals surface area contributed by atoms with Crippen molar-refractivity contribution in [2.75, 3.05) is 0 Å². The highest BCUT2D eigenvalue weighted by Crippen LogP contribution is 2.47. The van der Waals surface area contributed by atoms with Crippen molar-refractivity contribution in [1.29, 1.82) is 0 Å². The second kappa shape index (κ2) is 12.0. The van der Waals surface area contributed by atoms with Gasteiger partial charge in [-0.05, 0) is 89.6 Å². The van der Waals surface area contributed by atoms with Crippen LogP contribution < -0.4 is 0 Å². The SMILES string of the molecule is c1cc(-c2c3ccccc3c(-c3cc4cccnc4c4ncccc34)c3ccccc23)cc(-c2nc3c4ccccc4c4ccccc4c3c3ccccc23)c1. The fraction of sp³-hybridized carbons (Fsp3) is 0. The summed E-state index contributed by atoms with van der Waals surface area (Å²) in [6.07, 6.45) is 3.72. The Balaban J connectivity index is 1.15. The van der Waals surface area contributed by atoms with Gasteiger partial charge in [-0.1, -0.05) is 152 Å². The van der Waals surface area contributed by atoms with Gasteiger partial charge in [0.1, 0.15) is 0 Å². The second-order valence-corrected chi connectivity index (χ2v) is 14.6. The van der Waals surface area contributed by atoms with Crippen molar-refractivity contribution in [2.24, 2.45) is 0 Å². The number of rotatable bonds is 3. The maximum absolute atomic E-state index is 5.61. The largest absolute Gasteiger partial charge is 0.254 e. The van der Waals surface area contributed by atoms with E-state index >= 15 is 0 Å². The Hall–Kier alpha value is -7.49. The van der Waals surface area contributed by atoms with E-state index in [1.165, 1.54) is 65.0 Å². The fourth-order valence-electron chi connectivity index (χ4n) is 9.35. The summed E-state index contributed by atoms with van der Waals surface area (Å²) in [5.41, 5.74) is 9.70. The minimum Gasteiger partial charge on any atom is -0.254 e. The standard InChI is InChI=1S/C53H31N3/c1-3-19-37-35(17-1)36-18-2-9-25-43(36)52-49(37)42-24-8-10-26-44(42)50(56-52)33-15-11-14-32(30-33)47-38-20-4-6-22-40(38)48(41-23-7-5-21-39(41)47)46-31-34-16-12-28-54-51(34)53-45(46)27-13-29-55-53/h1-31H. The highest BCUT2D eigenvalue weighted by molar-refractivity contribution is 6.31. The van der Waals surface area contributed by atoms with Crippen LogP contribution in [0.15, 0.2) is 188 Å². The van der Waals surface area contributed by atoms with Crippen molar-refractivity contribution in [1.82, 2.24) is 15.0 Å². The fourth-order valence-corrected chi connectivity index (χ4v) is 9.35. The van der Waals surface area contributed by atoms with E-state index in [2.05, 4.69) is 164 Å². The Kier molecular flexibility index (Phi) is 6.63. The van der Waals surface area contributed by atoms with Crippen molar-refractivity contribution in [3.05, 3.63) is 188 Å². The number of pyridine rings is 3. The number of hydrogen-bond acceptors (Lipinski definition) is 3. The summed E-state index contributed by atoms with van der Waals surface area (Å²) in [6, 6.07) is 63.6. The molecular formula is C53H31N3. The Morgan fingerprint density at radius 2 is 0.804 bits per heavy atom. The summed E-state index contributed by atoms with van der Waals surface area (Å²) >= 11 is 0. The first-order chi connectivity index (χ1) is 27.8. The molecular weight excluding hydrogens is 679 g/mol. The van der Waals surface area contributed by atoms with E-state index in [9.17, 15) is 0 Å². The molecule has 0 unspecified atom stereocenters. The van der Waals surface area contributed by atoms with Gasteiger partial charge in [0.25, 0.3) is 0 Å². The predicted molar refractivity (Wildman–Crippen MR) is 236 cm³/mol. The maximum Gasteiger partial charge on any atom is 0.0970 e. The average molecular weight is 710 g/mol. The summed E-state index contributed by atoms with van der Waals surface area (Å²) in [5.74, 6) is 0. The van der Waals surface area contributed by atoms with Gasteiger partial charge in [-0.3, -0.25) is 9.97 Å². The van der Waals surface area contributed by atoms with Crippen LogP contribution in [0.3, 0.4) is 0 Å². The molecule has 12 aromatic rings. The van der Waals surface area contributed by atoms with Crippen LogP contribution in [-0.4, -0.2) is 15.0 Å². The molecule has 12 rings (SSSR count). The summed E-state index contributed by atoms with van der Waals surface area (Å²) in [5, 5.41) is 15.4. The zero-order chi connectivity index (χ0) is 36.7. The molecule has 0 spiro atoms. The highest BCUT2D eigenvalue weighted by Gasteiger charge is 2.21. The van der Waals surface area contributed by atoms with Crippen LogP contribution in [0, 0.1) is 0 Å². The molecule has 56 heavy (non-hydrogen) atoms. The first-order valence-corrected chi connectivity index (χ1v) is 19.1. The van der Waals surface area contributed by atoms with Crippen molar-refractivity contribution in [3.63, 3.8) is 0 Å². The van der Waals surface area contributed by atoms with Crippen molar-refractivity contribution in [3.8, 4) is 33.5 Å². The van der Waals surface area contributed by atoms with E-state index in [1.54, 1.807) is 0 Å². The topological polar surface area (TPSA) is 38.7 Å². The number of aromatic nitrogens is 3. The molecule has 258 valence electrons. The van der Waals surface area contributed by atoms with Crippen LogP contribution in [-0.2, 0) is 0 Å². The molecule has 0 atom stereocenters. The molecule has 0 bridgehead atoms. The van der Waals surface area contributed by atoms with Crippen LogP contribution in [0.5, 0.6) is 0 Å². The van der Waals surface area contributed by atoms with Gasteiger partial charge in [0.2, 0.25) is 0 Å². The normalized spacial score (nSPS) is 11.9. The molecule has 0 aliphatic heterocycles. The quantitative estimate of drug-likeness (QED) is 0.135. The third-order valence-electron chi connectivity index (χ3n) is 11.7. The molecule has 0 saturated heterocycles. The molecule has 3 aromatic heterocycles. The predicted octanol–water partition coefficient (Wildman–Crippen LogP) is 14.1. The van der Waals surface area contributed by atoms with Gasteiger partial charge in [0.05, 0.1) is 22.2 Å². The smallest absolute Gasteiger partial charge is 0.0970 e. The van der Waals surface area contributed by atoms with Crippen molar-refractivity contribution >= 4 is 86.6 Å². The monoisotopic (exact) mass is 709 g/mol. The van der Waals surface area contributed by atoms with Crippen LogP contribution in [0.2, 0.25) is 0 Å². The molecule has 0 amide bonds. The van der Waals surface area contributed by atoms with Gasteiger partial charge >= 0.3 is 0 Å². The van der Waals surface area contributed by atoms with E-state index in [1.807, 2.05) is 24.5 Å². The summed E-state index contributed by atoms with van der Waals surface area (Å²) in [6.45, 7) is 0. The van der Waals surface area contributed by atoms with Crippen LogP contribution in [0.4, 0.5) is 0 Å². The van der Waals surface area contributed by atoms with Crippen molar-refractivity contribution < 1.29 is 0 Å². The molecule has 3 nitrogen and oxygen atoms in total. The first kappa shape index (κ1) is 30.9. The van der Waals surface area contributed by atoms with Gasteiger partial charge in [0.15, 0.2) is 0 Å². The molecule has 0 N–H and O–H groups in total.